The van der Waals surface area contributed by atoms with Crippen molar-refractivity contribution in [3.63, 3.8) is 0 Å². The van der Waals surface area contributed by atoms with Crippen molar-refractivity contribution in [1.29, 1.82) is 0 Å². The molecule has 128 valence electrons. The number of benzene rings is 1. The van der Waals surface area contributed by atoms with E-state index in [-0.39, 0.29) is 0 Å². The average Bonchev–Trinajstić information content (AvgIpc) is 2.61. The van der Waals surface area contributed by atoms with Gasteiger partial charge in [-0.05, 0) is 31.2 Å². The molecule has 2 N–H and O–H groups in total. The minimum atomic E-state index is 0.619. The van der Waals surface area contributed by atoms with Gasteiger partial charge in [-0.15, -0.1) is 0 Å². The van der Waals surface area contributed by atoms with Crippen LogP contribution in [0.25, 0.3) is 0 Å². The quantitative estimate of drug-likeness (QED) is 0.431. The lowest BCUT2D eigenvalue weighted by Gasteiger charge is -2.27. The number of nitrogens with zero attached hydrogens (tertiary/aromatic N) is 2. The maximum atomic E-state index is 6.00. The second-order valence-electron chi connectivity index (χ2n) is 5.79. The van der Waals surface area contributed by atoms with E-state index in [1.54, 1.807) is 0 Å². The van der Waals surface area contributed by atoms with E-state index in [1.807, 2.05) is 18.2 Å². The van der Waals surface area contributed by atoms with Gasteiger partial charge in [0, 0.05) is 26.2 Å². The first kappa shape index (κ1) is 17.8. The molecule has 0 bridgehead atoms. The highest BCUT2D eigenvalue weighted by molar-refractivity contribution is 5.78. The van der Waals surface area contributed by atoms with Gasteiger partial charge in [0.15, 0.2) is 5.96 Å². The first-order valence-electron chi connectivity index (χ1n) is 8.60. The Morgan fingerprint density at radius 1 is 1.00 bits per heavy atom. The number of rotatable bonds is 9. The summed E-state index contributed by atoms with van der Waals surface area (Å²) in [4.78, 5) is 6.61. The summed E-state index contributed by atoms with van der Waals surface area (Å²) in [6.45, 7) is 5.40. The highest BCUT2D eigenvalue weighted by Crippen LogP contribution is 2.07. The van der Waals surface area contributed by atoms with Crippen LogP contribution in [0.3, 0.4) is 0 Å². The number of hydrogen-bond donors (Lipinski definition) is 1. The summed E-state index contributed by atoms with van der Waals surface area (Å²) in [5.41, 5.74) is 7.19. The van der Waals surface area contributed by atoms with E-state index in [4.69, 9.17) is 15.2 Å². The molecule has 0 aliphatic carbocycles. The molecule has 1 fully saturated rings. The third-order valence-electron chi connectivity index (χ3n) is 3.88. The molecule has 0 amide bonds. The van der Waals surface area contributed by atoms with Crippen LogP contribution in [0.5, 0.6) is 0 Å². The minimum Gasteiger partial charge on any atom is -0.379 e. The van der Waals surface area contributed by atoms with Crippen molar-refractivity contribution >= 4 is 5.96 Å². The molecule has 0 radical (unpaired) electrons. The highest BCUT2D eigenvalue weighted by atomic mass is 16.5. The van der Waals surface area contributed by atoms with E-state index in [1.165, 1.54) is 24.8 Å². The van der Waals surface area contributed by atoms with Crippen LogP contribution in [0, 0.1) is 0 Å². The van der Waals surface area contributed by atoms with Crippen molar-refractivity contribution in [2.45, 2.75) is 32.3 Å². The van der Waals surface area contributed by atoms with Crippen molar-refractivity contribution in [1.82, 2.24) is 4.90 Å². The standard InChI is InChI=1S/C18H29N3O2/c19-18(21-11-5-2-6-12-21)20-10-7-13-22-14-15-23-16-17-8-3-1-4-9-17/h1,3-4,8-9H,2,5-7,10-16H2,(H2,19,20). The fourth-order valence-electron chi connectivity index (χ4n) is 2.57. The normalized spacial score (nSPS) is 15.8. The molecule has 1 heterocycles. The maximum Gasteiger partial charge on any atom is 0.191 e. The fraction of sp³-hybridized carbons (Fsp3) is 0.611. The lowest BCUT2D eigenvalue weighted by molar-refractivity contribution is 0.0403. The largest absolute Gasteiger partial charge is 0.379 e. The smallest absolute Gasteiger partial charge is 0.191 e. The molecule has 5 heteroatoms. The van der Waals surface area contributed by atoms with Crippen LogP contribution in [-0.2, 0) is 16.1 Å². The van der Waals surface area contributed by atoms with E-state index in [2.05, 4.69) is 22.0 Å². The van der Waals surface area contributed by atoms with Crippen LogP contribution in [0.2, 0.25) is 0 Å². The lowest BCUT2D eigenvalue weighted by atomic mass is 10.1. The summed E-state index contributed by atoms with van der Waals surface area (Å²) in [5, 5.41) is 0. The predicted molar refractivity (Wildman–Crippen MR) is 93.4 cm³/mol. The van der Waals surface area contributed by atoms with E-state index in [0.29, 0.717) is 32.4 Å². The van der Waals surface area contributed by atoms with Crippen LogP contribution in [-0.4, -0.2) is 50.3 Å². The van der Waals surface area contributed by atoms with Crippen molar-refractivity contribution in [3.8, 4) is 0 Å². The van der Waals surface area contributed by atoms with E-state index in [9.17, 15) is 0 Å². The molecule has 1 aromatic rings. The van der Waals surface area contributed by atoms with E-state index < -0.39 is 0 Å². The highest BCUT2D eigenvalue weighted by Gasteiger charge is 2.11. The molecule has 23 heavy (non-hydrogen) atoms. The van der Waals surface area contributed by atoms with Gasteiger partial charge in [-0.25, -0.2) is 0 Å². The molecule has 1 saturated heterocycles. The molecule has 5 nitrogen and oxygen atoms in total. The molecule has 1 aromatic carbocycles. The topological polar surface area (TPSA) is 60.1 Å². The molecular formula is C18H29N3O2. The van der Waals surface area contributed by atoms with Crippen LogP contribution in [0.15, 0.2) is 35.3 Å². The molecule has 0 spiro atoms. The van der Waals surface area contributed by atoms with Crippen molar-refractivity contribution in [2.24, 2.45) is 10.7 Å². The Balaban J connectivity index is 1.43. The van der Waals surface area contributed by atoms with E-state index >= 15 is 0 Å². The zero-order valence-corrected chi connectivity index (χ0v) is 14.0. The summed E-state index contributed by atoms with van der Waals surface area (Å²) in [5.74, 6) is 0.691. The molecule has 0 aromatic heterocycles. The van der Waals surface area contributed by atoms with Gasteiger partial charge < -0.3 is 20.1 Å². The fourth-order valence-corrected chi connectivity index (χ4v) is 2.57. The molecule has 1 aliphatic rings. The van der Waals surface area contributed by atoms with Crippen molar-refractivity contribution in [2.75, 3.05) is 39.5 Å². The van der Waals surface area contributed by atoms with Gasteiger partial charge in [0.2, 0.25) is 0 Å². The lowest BCUT2D eigenvalue weighted by Crippen LogP contribution is -2.40. The summed E-state index contributed by atoms with van der Waals surface area (Å²) >= 11 is 0. The Kier molecular flexibility index (Phi) is 8.51. The van der Waals surface area contributed by atoms with Gasteiger partial charge >= 0.3 is 0 Å². The molecule has 0 saturated carbocycles. The van der Waals surface area contributed by atoms with Gasteiger partial charge in [-0.1, -0.05) is 30.3 Å². The minimum absolute atomic E-state index is 0.619. The second kappa shape index (κ2) is 11.0. The van der Waals surface area contributed by atoms with Gasteiger partial charge in [-0.3, -0.25) is 4.99 Å². The summed E-state index contributed by atoms with van der Waals surface area (Å²) in [6, 6.07) is 10.2. The third-order valence-corrected chi connectivity index (χ3v) is 3.88. The Morgan fingerprint density at radius 2 is 1.74 bits per heavy atom. The summed E-state index contributed by atoms with van der Waals surface area (Å²) < 4.78 is 11.1. The number of hydrogen-bond acceptors (Lipinski definition) is 3. The first-order chi connectivity index (χ1) is 11.4. The Morgan fingerprint density at radius 3 is 2.52 bits per heavy atom. The van der Waals surface area contributed by atoms with Crippen molar-refractivity contribution < 1.29 is 9.47 Å². The number of likely N-dealkylation sites (tertiary alicyclic amines) is 1. The van der Waals surface area contributed by atoms with Crippen LogP contribution in [0.4, 0.5) is 0 Å². The zero-order chi connectivity index (χ0) is 16.2. The monoisotopic (exact) mass is 319 g/mol. The third kappa shape index (κ3) is 7.48. The van der Waals surface area contributed by atoms with Gasteiger partial charge in [0.1, 0.15) is 0 Å². The Bertz CT molecular complexity index is 445. The van der Waals surface area contributed by atoms with Crippen molar-refractivity contribution in [3.05, 3.63) is 35.9 Å². The first-order valence-corrected chi connectivity index (χ1v) is 8.60. The average molecular weight is 319 g/mol. The van der Waals surface area contributed by atoms with E-state index in [0.717, 1.165) is 26.1 Å². The predicted octanol–water partition coefficient (Wildman–Crippen LogP) is 2.41. The Hall–Kier alpha value is -1.59. The molecule has 0 unspecified atom stereocenters. The maximum absolute atomic E-state index is 6.00. The molecular weight excluding hydrogens is 290 g/mol. The molecule has 1 aliphatic heterocycles. The number of ether oxygens (including phenoxy) is 2. The number of nitrogens with two attached hydrogens (primary N) is 1. The second-order valence-corrected chi connectivity index (χ2v) is 5.79. The number of guanidine groups is 1. The van der Waals surface area contributed by atoms with Crippen LogP contribution in [0.1, 0.15) is 31.2 Å². The summed E-state index contributed by atoms with van der Waals surface area (Å²) in [6.07, 6.45) is 4.65. The summed E-state index contributed by atoms with van der Waals surface area (Å²) in [7, 11) is 0. The SMILES string of the molecule is NC(=NCCCOCCOCc1ccccc1)N1CCCCC1. The molecule has 0 atom stereocenters. The van der Waals surface area contributed by atoms with Gasteiger partial charge in [0.05, 0.1) is 19.8 Å². The van der Waals surface area contributed by atoms with Gasteiger partial charge in [-0.2, -0.15) is 0 Å². The Labute approximate surface area is 139 Å². The number of piperidine rings is 1. The number of aliphatic imine (C=N–C) groups is 1. The van der Waals surface area contributed by atoms with Gasteiger partial charge in [0.25, 0.3) is 0 Å². The van der Waals surface area contributed by atoms with Crippen LogP contribution >= 0.6 is 0 Å². The van der Waals surface area contributed by atoms with Crippen LogP contribution < -0.4 is 5.73 Å². The molecule has 2 rings (SSSR count). The zero-order valence-electron chi connectivity index (χ0n) is 14.0.